The molecule has 0 spiro atoms. The smallest absolute Gasteiger partial charge is 0.258 e. The molecular weight excluding hydrogens is 974 g/mol. The van der Waals surface area contributed by atoms with Crippen LogP contribution in [0.4, 0.5) is 10.2 Å². The Labute approximate surface area is 444 Å². The first kappa shape index (κ1) is 57.8. The molecule has 7 N–H and O–H groups in total. The van der Waals surface area contributed by atoms with E-state index >= 15 is 0 Å². The highest BCUT2D eigenvalue weighted by atomic mass is 19.1. The van der Waals surface area contributed by atoms with E-state index in [9.17, 15) is 38.4 Å². The fraction of sp³-hybridized carbons (Fsp3) is 0.527. The molecule has 0 aliphatic carbocycles. The molecule has 3 aliphatic heterocycles. The van der Waals surface area contributed by atoms with Crippen LogP contribution in [0.1, 0.15) is 145 Å². The molecule has 0 saturated carbocycles. The van der Waals surface area contributed by atoms with Crippen LogP contribution in [0.3, 0.4) is 0 Å². The number of aromatic nitrogens is 2. The molecule has 6 rings (SSSR count). The van der Waals surface area contributed by atoms with Gasteiger partial charge in [0.15, 0.2) is 5.82 Å². The molecule has 2 unspecified atom stereocenters. The molecule has 7 atom stereocenters. The van der Waals surface area contributed by atoms with Crippen molar-refractivity contribution in [2.24, 2.45) is 10.5 Å². The number of ether oxygens (including phenoxy) is 1. The van der Waals surface area contributed by atoms with Crippen LogP contribution in [0, 0.1) is 22.6 Å². The lowest BCUT2D eigenvalue weighted by Gasteiger charge is -2.36. The van der Waals surface area contributed by atoms with Gasteiger partial charge in [-0.05, 0) is 75.8 Å². The van der Waals surface area contributed by atoms with Crippen molar-refractivity contribution < 1.29 is 37.9 Å². The number of nitrogens with two attached hydrogens (primary N) is 1. The third kappa shape index (κ3) is 14.5. The van der Waals surface area contributed by atoms with E-state index in [0.717, 1.165) is 31.2 Å². The second-order valence-electron chi connectivity index (χ2n) is 20.7. The topological polar surface area (TPSA) is 269 Å². The number of amides is 6. The highest BCUT2D eigenvalue weighted by molar-refractivity contribution is 6.01. The number of carbonyl (C=O) groups excluding carboxylic acids is 6. The van der Waals surface area contributed by atoms with E-state index in [-0.39, 0.29) is 102 Å². The van der Waals surface area contributed by atoms with E-state index in [1.807, 2.05) is 58.0 Å². The van der Waals surface area contributed by atoms with Gasteiger partial charge in [0.25, 0.3) is 11.8 Å². The number of rotatable bonds is 21. The van der Waals surface area contributed by atoms with Crippen molar-refractivity contribution in [1.82, 2.24) is 51.4 Å². The molecule has 76 heavy (non-hydrogen) atoms. The zero-order valence-corrected chi connectivity index (χ0v) is 45.0. The van der Waals surface area contributed by atoms with Gasteiger partial charge in [0.2, 0.25) is 29.5 Å². The number of unbranched alkanes of at least 4 members (excludes halogenated alkanes) is 5. The molecule has 3 aliphatic rings. The van der Waals surface area contributed by atoms with Crippen molar-refractivity contribution in [1.29, 1.82) is 5.26 Å². The molecule has 1 aromatic heterocycles. The van der Waals surface area contributed by atoms with Crippen LogP contribution >= 0.6 is 0 Å². The Balaban J connectivity index is 0.957. The molecule has 6 amide bonds. The Kier molecular flexibility index (Phi) is 20.0. The number of benzene rings is 2. The van der Waals surface area contributed by atoms with Crippen molar-refractivity contribution in [2.75, 3.05) is 39.5 Å². The number of nitriles is 1. The van der Waals surface area contributed by atoms with Gasteiger partial charge < -0.3 is 46.9 Å². The van der Waals surface area contributed by atoms with Crippen LogP contribution in [0.15, 0.2) is 65.5 Å². The Hall–Kier alpha value is -7.47. The zero-order valence-electron chi connectivity index (χ0n) is 45.0. The monoisotopic (exact) mass is 1050 g/mol. The summed E-state index contributed by atoms with van der Waals surface area (Å²) in [5.74, 6) is -2.47. The van der Waals surface area contributed by atoms with E-state index in [1.165, 1.54) is 45.4 Å². The number of likely N-dealkylation sites (N-methyl/N-ethyl adjacent to an activating group) is 2. The number of hydrogen-bond donors (Lipinski definition) is 6. The number of carbonyl (C=O) groups is 6. The Morgan fingerprint density at radius 3 is 2.33 bits per heavy atom. The third-order valence-electron chi connectivity index (χ3n) is 14.1. The van der Waals surface area contributed by atoms with Gasteiger partial charge >= 0.3 is 0 Å². The molecule has 2 bridgehead atoms. The van der Waals surface area contributed by atoms with Crippen LogP contribution in [0.25, 0.3) is 5.57 Å². The minimum absolute atomic E-state index is 0.0319. The van der Waals surface area contributed by atoms with Crippen LogP contribution in [0.5, 0.6) is 5.88 Å². The van der Waals surface area contributed by atoms with E-state index < -0.39 is 53.5 Å². The maximum Gasteiger partial charge on any atom is 0.258 e. The molecule has 20 nitrogen and oxygen atoms in total. The minimum atomic E-state index is -0.925. The second-order valence-corrected chi connectivity index (χ2v) is 20.7. The quantitative estimate of drug-likeness (QED) is 0.0763. The van der Waals surface area contributed by atoms with Gasteiger partial charge in [0.1, 0.15) is 35.8 Å². The number of likely N-dealkylation sites (tertiary alicyclic amines) is 1. The molecule has 0 radical (unpaired) electrons. The number of allylic oxidation sites excluding steroid dienone is 1. The van der Waals surface area contributed by atoms with Crippen molar-refractivity contribution in [3.63, 3.8) is 0 Å². The lowest BCUT2D eigenvalue weighted by atomic mass is 9.85. The van der Waals surface area contributed by atoms with Gasteiger partial charge in [0, 0.05) is 55.7 Å². The van der Waals surface area contributed by atoms with Crippen LogP contribution in [-0.4, -0.2) is 130 Å². The lowest BCUT2D eigenvalue weighted by molar-refractivity contribution is -0.144. The van der Waals surface area contributed by atoms with Crippen LogP contribution in [0.2, 0.25) is 0 Å². The molecule has 1 fully saturated rings. The molecule has 1 saturated heterocycles. The third-order valence-corrected chi connectivity index (χ3v) is 14.1. The first-order valence-corrected chi connectivity index (χ1v) is 26.3. The standard InChI is InChI=1S/C55H74FN13O7/c1-9-40(35-19-15-14-16-20-35)64-51(73)42-28-37(32-68(42)54(75)48(55(4,5)6)66-50(72)33(2)59-7)63-46(71)22-18-13-11-10-12-17-21-45(70)60-25-26-69-43(29-57)47-41-30-61-49(58)52(65-41)76-34(3)39-27-36(56)23-24-38(39)53(74)67(8)44(47)31-62-69/h14-16,19-20,23-24,27,30-31,33-34,37,40,42,44,48,59H,9-13,17-18,21-22,25-26,28,32H2,1-8H3,(H2,58,61)(H,60,70)(H,63,71)(H,64,73)(H,66,72)/t33-,34+,37-,40+,42?,44?,48+/m0/s1. The SMILES string of the molecule is CC[C@@H](NC(=O)C1C[C@H](NC(=O)CCCCCCCCC(=O)NCCN2N=CC3C(=C2C#N)c2cnc(N)c(n2)O[C@H](C)c2cc(F)ccc2C(=O)N3C)CN1C(=O)[C@@H](NC(=O)[C@H](C)NC)C(C)(C)C)c1ccccc1. The molecule has 3 aromatic rings. The summed E-state index contributed by atoms with van der Waals surface area (Å²) in [6, 6.07) is 11.7. The van der Waals surface area contributed by atoms with Crippen molar-refractivity contribution in [3.05, 3.63) is 88.6 Å². The predicted molar refractivity (Wildman–Crippen MR) is 285 cm³/mol. The summed E-state index contributed by atoms with van der Waals surface area (Å²) in [6.07, 6.45) is 8.13. The predicted octanol–water partition coefficient (Wildman–Crippen LogP) is 5.06. The van der Waals surface area contributed by atoms with E-state index in [1.54, 1.807) is 27.9 Å². The van der Waals surface area contributed by atoms with Crippen molar-refractivity contribution >= 4 is 53.0 Å². The molecule has 21 heteroatoms. The summed E-state index contributed by atoms with van der Waals surface area (Å²) in [5, 5.41) is 31.4. The van der Waals surface area contributed by atoms with E-state index in [4.69, 9.17) is 10.5 Å². The maximum absolute atomic E-state index is 14.4. The summed E-state index contributed by atoms with van der Waals surface area (Å²) in [5.41, 5.74) is 7.49. The van der Waals surface area contributed by atoms with E-state index in [0.29, 0.717) is 31.3 Å². The summed E-state index contributed by atoms with van der Waals surface area (Å²) in [4.78, 5) is 93.4. The maximum atomic E-state index is 14.4. The van der Waals surface area contributed by atoms with Gasteiger partial charge in [0.05, 0.1) is 42.8 Å². The summed E-state index contributed by atoms with van der Waals surface area (Å²) >= 11 is 0. The molecule has 408 valence electrons. The Morgan fingerprint density at radius 2 is 1.67 bits per heavy atom. The van der Waals surface area contributed by atoms with Gasteiger partial charge in [-0.1, -0.05) is 83.7 Å². The number of nitrogens with one attached hydrogen (secondary N) is 5. The van der Waals surface area contributed by atoms with Gasteiger partial charge in [-0.15, -0.1) is 0 Å². The average Bonchev–Trinajstić information content (AvgIpc) is 3.82. The number of halogens is 1. The van der Waals surface area contributed by atoms with Gasteiger partial charge in [-0.2, -0.15) is 10.4 Å². The average molecular weight is 1050 g/mol. The van der Waals surface area contributed by atoms with Crippen molar-refractivity contribution in [2.45, 2.75) is 148 Å². The fourth-order valence-corrected chi connectivity index (χ4v) is 9.61. The van der Waals surface area contributed by atoms with Crippen molar-refractivity contribution in [3.8, 4) is 11.9 Å². The fourth-order valence-electron chi connectivity index (χ4n) is 9.61. The number of anilines is 1. The first-order chi connectivity index (χ1) is 36.2. The second kappa shape index (κ2) is 26.3. The Morgan fingerprint density at radius 1 is 0.987 bits per heavy atom. The summed E-state index contributed by atoms with van der Waals surface area (Å²) < 4.78 is 20.5. The normalized spacial score (nSPS) is 19.5. The first-order valence-electron chi connectivity index (χ1n) is 26.3. The molecule has 2 aromatic carbocycles. The van der Waals surface area contributed by atoms with E-state index in [2.05, 4.69) is 47.7 Å². The molecular formula is C55H74FN13O7. The number of hydrogen-bond acceptors (Lipinski definition) is 14. The van der Waals surface area contributed by atoms with Crippen LogP contribution < -0.4 is 37.1 Å². The highest BCUT2D eigenvalue weighted by Crippen LogP contribution is 2.35. The number of hydrazone groups is 1. The van der Waals surface area contributed by atoms with Gasteiger partial charge in [-0.25, -0.2) is 14.4 Å². The minimum Gasteiger partial charge on any atom is -0.467 e. The largest absolute Gasteiger partial charge is 0.467 e. The number of fused-ring (bicyclic) bond motifs is 5. The zero-order chi connectivity index (χ0) is 55.3. The number of nitrogen functional groups attached to an aromatic ring is 1. The molecule has 4 heterocycles. The summed E-state index contributed by atoms with van der Waals surface area (Å²) in [6.45, 7) is 11.3. The van der Waals surface area contributed by atoms with Gasteiger partial charge in [-0.3, -0.25) is 33.8 Å². The summed E-state index contributed by atoms with van der Waals surface area (Å²) in [7, 11) is 3.22. The Bertz CT molecular complexity index is 2690. The lowest BCUT2D eigenvalue weighted by Crippen LogP contribution is -2.59. The number of nitrogens with zero attached hydrogens (tertiary/aromatic N) is 7. The highest BCUT2D eigenvalue weighted by Gasteiger charge is 2.46. The van der Waals surface area contributed by atoms with Crippen LogP contribution in [-0.2, 0) is 24.0 Å².